The molecule has 0 heterocycles. The summed E-state index contributed by atoms with van der Waals surface area (Å²) in [7, 11) is 0. The molecule has 7 heavy (non-hydrogen) atoms. The molecule has 0 aliphatic rings. The Hall–Kier alpha value is 0.780. The first-order valence-corrected chi connectivity index (χ1v) is 0.632. The maximum absolute atomic E-state index is 8.44. The Morgan fingerprint density at radius 2 is 1.57 bits per heavy atom. The second-order valence-corrected chi connectivity index (χ2v) is 0.266. The minimum Gasteiger partial charge on any atom is -0.565 e. The third-order valence-electron chi connectivity index (χ3n) is 0. The van der Waals surface area contributed by atoms with Crippen LogP contribution in [0.5, 0.6) is 0 Å². The van der Waals surface area contributed by atoms with E-state index >= 15 is 0 Å². The van der Waals surface area contributed by atoms with Gasteiger partial charge in [0.1, 0.15) is 0 Å². The molecule has 0 amide bonds. The van der Waals surface area contributed by atoms with Gasteiger partial charge in [-0.05, 0) is 0 Å². The fourth-order valence-corrected chi connectivity index (χ4v) is 0. The van der Waals surface area contributed by atoms with Crippen molar-refractivity contribution in [1.29, 1.82) is 0 Å². The van der Waals surface area contributed by atoms with Gasteiger partial charge in [0.05, 0.1) is 0 Å². The van der Waals surface area contributed by atoms with E-state index in [1.165, 1.54) is 0 Å². The van der Waals surface area contributed by atoms with Gasteiger partial charge in [-0.2, -0.15) is 0 Å². The normalized spacial score (nSPS) is 3.43. The van der Waals surface area contributed by atoms with Crippen LogP contribution in [0.25, 0.3) is 0 Å². The molecule has 0 saturated heterocycles. The van der Waals surface area contributed by atoms with Crippen molar-refractivity contribution >= 4 is 56.3 Å². The first kappa shape index (κ1) is 25.0. The maximum atomic E-state index is 8.44. The second kappa shape index (κ2) is 15.9. The summed E-state index contributed by atoms with van der Waals surface area (Å²) in [5, 5.41) is 15.3. The number of hydrogen-bond acceptors (Lipinski definition) is 3. The van der Waals surface area contributed by atoms with Crippen LogP contribution in [0.3, 0.4) is 0 Å². The number of halogens is 1. The van der Waals surface area contributed by atoms with Crippen molar-refractivity contribution < 1.29 is 15.0 Å². The third kappa shape index (κ3) is 255. The zero-order valence-electron chi connectivity index (χ0n) is 3.59. The van der Waals surface area contributed by atoms with Crippen LogP contribution >= 0.6 is 12.4 Å². The minimum absolute atomic E-state index is 0. The van der Waals surface area contributed by atoms with Gasteiger partial charge in [-0.1, -0.05) is 0 Å². The van der Waals surface area contributed by atoms with Gasteiger partial charge in [0, 0.05) is 0 Å². The molecule has 0 aliphatic carbocycles. The zero-order valence-corrected chi connectivity index (χ0v) is 6.61. The average molecular weight is 155 g/mol. The summed E-state index contributed by atoms with van der Waals surface area (Å²) in [5.74, 6) is 0. The molecule has 0 saturated carbocycles. The Morgan fingerprint density at radius 1 is 1.57 bits per heavy atom. The van der Waals surface area contributed by atoms with E-state index in [-0.39, 0.29) is 56.3 Å². The molecule has 0 aromatic rings. The predicted molar refractivity (Wildman–Crippen MR) is 26.0 cm³/mol. The summed E-state index contributed by atoms with van der Waals surface area (Å²) in [6.45, 7) is 0. The van der Waals surface area contributed by atoms with Crippen LogP contribution in [-0.4, -0.2) is 49.0 Å². The van der Waals surface area contributed by atoms with E-state index in [0.29, 0.717) is 0 Å². The van der Waals surface area contributed by atoms with Crippen molar-refractivity contribution in [2.45, 2.75) is 0 Å². The predicted octanol–water partition coefficient (Wildman–Crippen LogP) is -0.909. The quantitative estimate of drug-likeness (QED) is 0.442. The molecule has 1 radical (unpaired) electrons. The molecule has 0 bridgehead atoms. The van der Waals surface area contributed by atoms with E-state index in [2.05, 4.69) is 0 Å². The van der Waals surface area contributed by atoms with Crippen LogP contribution < -0.4 is 11.3 Å². The molecular formula is CH5CaClNO3. The summed E-state index contributed by atoms with van der Waals surface area (Å²) in [6, 6.07) is 0. The fraction of sp³-hybridized carbons (Fsp3) is 0. The Bertz CT molecular complexity index is 37.9. The molecule has 0 rings (SSSR count). The van der Waals surface area contributed by atoms with E-state index in [0.717, 1.165) is 0 Å². The van der Waals surface area contributed by atoms with Crippen LogP contribution in [0.1, 0.15) is 0 Å². The van der Waals surface area contributed by atoms with Gasteiger partial charge >= 0.3 is 37.7 Å². The number of hydrogen-bond donors (Lipinski definition) is 2. The summed E-state index contributed by atoms with van der Waals surface area (Å²) >= 11 is 0. The van der Waals surface area contributed by atoms with E-state index in [1.54, 1.807) is 0 Å². The van der Waals surface area contributed by atoms with Crippen molar-refractivity contribution in [3.8, 4) is 0 Å². The van der Waals surface area contributed by atoms with Gasteiger partial charge in [0.25, 0.3) is 0 Å². The summed E-state index contributed by atoms with van der Waals surface area (Å²) < 4.78 is 0. The number of carbonyl (C=O) groups is 1. The molecule has 0 aromatic carbocycles. The van der Waals surface area contributed by atoms with Crippen molar-refractivity contribution in [1.82, 2.24) is 6.15 Å². The summed E-state index contributed by atoms with van der Waals surface area (Å²) in [4.78, 5) is 8.44. The minimum atomic E-state index is -2.08. The maximum Gasteiger partial charge on any atom is 1.00 e. The molecule has 0 atom stereocenters. The first-order valence-electron chi connectivity index (χ1n) is 0.632. The van der Waals surface area contributed by atoms with Crippen LogP contribution in [0.15, 0.2) is 0 Å². The van der Waals surface area contributed by atoms with Gasteiger partial charge in [-0.3, -0.25) is 0 Å². The van der Waals surface area contributed by atoms with Crippen LogP contribution in [0, 0.1) is 0 Å². The van der Waals surface area contributed by atoms with Crippen LogP contribution in [0.2, 0.25) is 0 Å². The van der Waals surface area contributed by atoms with Gasteiger partial charge in [0.2, 0.25) is 6.16 Å². The van der Waals surface area contributed by atoms with Crippen molar-refractivity contribution in [3.63, 3.8) is 0 Å². The molecule has 0 fully saturated rings. The van der Waals surface area contributed by atoms with Gasteiger partial charge < -0.3 is 21.2 Å². The average Bonchev–Trinajstić information content (AvgIpc) is 0.811. The van der Waals surface area contributed by atoms with Crippen LogP contribution in [0.4, 0.5) is 4.79 Å². The number of rotatable bonds is 0. The second-order valence-electron chi connectivity index (χ2n) is 0.266. The topological polar surface area (TPSA) is 95.4 Å². The Kier molecular flexibility index (Phi) is 56.7. The van der Waals surface area contributed by atoms with Crippen LogP contribution in [-0.2, 0) is 0 Å². The Labute approximate surface area is 76.9 Å². The van der Waals surface area contributed by atoms with Crippen molar-refractivity contribution in [3.05, 3.63) is 0 Å². The van der Waals surface area contributed by atoms with E-state index in [9.17, 15) is 0 Å². The zero-order chi connectivity index (χ0) is 3.58. The molecule has 4 N–H and O–H groups in total. The molecule has 0 spiro atoms. The smallest absolute Gasteiger partial charge is 0.565 e. The first-order chi connectivity index (χ1) is 1.73. The molecule has 0 unspecified atom stereocenters. The molecular weight excluding hydrogens is 150 g/mol. The Morgan fingerprint density at radius 3 is 1.57 bits per heavy atom. The van der Waals surface area contributed by atoms with Crippen molar-refractivity contribution in [2.24, 2.45) is 0 Å². The summed E-state index contributed by atoms with van der Waals surface area (Å²) in [6.07, 6.45) is -2.08. The van der Waals surface area contributed by atoms with Gasteiger partial charge in [-0.15, -0.1) is 12.4 Å². The molecule has 4 nitrogen and oxygen atoms in total. The van der Waals surface area contributed by atoms with E-state index < -0.39 is 6.16 Å². The molecule has 0 aromatic heterocycles. The third-order valence-corrected chi connectivity index (χ3v) is 0. The van der Waals surface area contributed by atoms with Gasteiger partial charge in [-0.25, -0.2) is 0 Å². The number of carboxylic acid groups (broad SMARTS) is 2. The largest absolute Gasteiger partial charge is 1.00 e. The fourth-order valence-electron chi connectivity index (χ4n) is 0. The summed E-state index contributed by atoms with van der Waals surface area (Å²) in [5.41, 5.74) is 0. The molecule has 0 aliphatic heterocycles. The van der Waals surface area contributed by atoms with Crippen molar-refractivity contribution in [2.75, 3.05) is 0 Å². The Balaban J connectivity index is -0.0000000150. The standard InChI is InChI=1S/CH2O3.Ca.ClH.H3N/c2-1(3)4;;;/h(H2,2,3,4);;1H;1H3/q;+1;;/p-1. The van der Waals surface area contributed by atoms with E-state index in [1.807, 2.05) is 0 Å². The SMILES string of the molecule is Cl.N.O=C([O-])O.[Ca+]. The van der Waals surface area contributed by atoms with E-state index in [4.69, 9.17) is 15.0 Å². The monoisotopic (exact) mass is 154 g/mol. The molecule has 6 heteroatoms. The van der Waals surface area contributed by atoms with Gasteiger partial charge in [0.15, 0.2) is 0 Å². The molecule has 41 valence electrons.